The quantitative estimate of drug-likeness (QED) is 0.304. The highest BCUT2D eigenvalue weighted by Gasteiger charge is 2.15. The molecule has 0 aromatic heterocycles. The Kier molecular flexibility index (Phi) is 8.35. The molecule has 0 bridgehead atoms. The summed E-state index contributed by atoms with van der Waals surface area (Å²) in [5, 5.41) is 9.07. The summed E-state index contributed by atoms with van der Waals surface area (Å²) >= 11 is 0. The van der Waals surface area contributed by atoms with Gasteiger partial charge in [-0.1, -0.05) is 5.11 Å². The van der Waals surface area contributed by atoms with Gasteiger partial charge in [0.05, 0.1) is 18.8 Å². The second-order valence-corrected chi connectivity index (χ2v) is 6.15. The molecule has 0 saturated carbocycles. The third-order valence-corrected chi connectivity index (χ3v) is 2.79. The zero-order valence-corrected chi connectivity index (χ0v) is 14.7. The predicted molar refractivity (Wildman–Crippen MR) is 93.3 cm³/mol. The molecule has 138 valence electrons. The molecule has 1 amide bonds. The molecule has 0 unspecified atom stereocenters. The molecule has 0 aliphatic rings. The van der Waals surface area contributed by atoms with E-state index in [0.717, 1.165) is 0 Å². The van der Waals surface area contributed by atoms with Crippen LogP contribution in [0.2, 0.25) is 0 Å². The fraction of sp³-hybridized carbons (Fsp3) is 0.562. The van der Waals surface area contributed by atoms with Crippen LogP contribution in [-0.2, 0) is 4.74 Å². The van der Waals surface area contributed by atoms with E-state index in [2.05, 4.69) is 20.7 Å². The van der Waals surface area contributed by atoms with Gasteiger partial charge in [-0.2, -0.15) is 0 Å². The fourth-order valence-corrected chi connectivity index (χ4v) is 1.82. The summed E-state index contributed by atoms with van der Waals surface area (Å²) in [6.45, 7) is 6.69. The van der Waals surface area contributed by atoms with E-state index >= 15 is 0 Å². The maximum Gasteiger partial charge on any atom is 0.407 e. The molecule has 0 spiro atoms. The van der Waals surface area contributed by atoms with E-state index in [1.165, 1.54) is 18.2 Å². The minimum absolute atomic E-state index is 0.188. The van der Waals surface area contributed by atoms with Crippen LogP contribution in [0.4, 0.5) is 14.9 Å². The highest BCUT2D eigenvalue weighted by molar-refractivity contribution is 5.67. The van der Waals surface area contributed by atoms with Crippen LogP contribution in [0.3, 0.4) is 0 Å². The lowest BCUT2D eigenvalue weighted by molar-refractivity contribution is 0.0528. The van der Waals surface area contributed by atoms with Crippen molar-refractivity contribution in [3.05, 3.63) is 34.5 Å². The first-order valence-corrected chi connectivity index (χ1v) is 7.96. The van der Waals surface area contributed by atoms with E-state index in [9.17, 15) is 9.18 Å². The lowest BCUT2D eigenvalue weighted by Crippen LogP contribution is -2.33. The molecule has 1 rings (SSSR count). The number of nitrogens with one attached hydrogen (secondary N) is 2. The number of azide groups is 1. The van der Waals surface area contributed by atoms with Crippen molar-refractivity contribution in [2.45, 2.75) is 32.8 Å². The van der Waals surface area contributed by atoms with E-state index in [1.807, 2.05) is 0 Å². The summed E-state index contributed by atoms with van der Waals surface area (Å²) in [6, 6.07) is 4.12. The second kappa shape index (κ2) is 10.2. The third kappa shape index (κ3) is 9.26. The van der Waals surface area contributed by atoms with Gasteiger partial charge in [-0.15, -0.1) is 0 Å². The van der Waals surface area contributed by atoms with Crippen LogP contribution in [0.5, 0.6) is 5.75 Å². The topological polar surface area (TPSA) is 108 Å². The molecule has 0 radical (unpaired) electrons. The zero-order chi connectivity index (χ0) is 18.7. The highest BCUT2D eigenvalue weighted by Crippen LogP contribution is 2.25. The number of carbonyl (C=O) groups excluding carboxylic acids is 1. The number of ether oxygens (including phenoxy) is 2. The van der Waals surface area contributed by atoms with Crippen LogP contribution in [0.15, 0.2) is 23.3 Å². The number of anilines is 1. The van der Waals surface area contributed by atoms with Crippen molar-refractivity contribution in [1.29, 1.82) is 0 Å². The maximum atomic E-state index is 13.4. The van der Waals surface area contributed by atoms with Gasteiger partial charge in [-0.3, -0.25) is 0 Å². The fourth-order valence-electron chi connectivity index (χ4n) is 1.82. The lowest BCUT2D eigenvalue weighted by atomic mass is 10.2. The number of halogens is 1. The number of hydrogen-bond acceptors (Lipinski definition) is 5. The largest absolute Gasteiger partial charge is 0.491 e. The highest BCUT2D eigenvalue weighted by atomic mass is 19.1. The van der Waals surface area contributed by atoms with Gasteiger partial charge in [0.25, 0.3) is 0 Å². The van der Waals surface area contributed by atoms with Gasteiger partial charge >= 0.3 is 6.09 Å². The number of benzene rings is 1. The van der Waals surface area contributed by atoms with Gasteiger partial charge in [0, 0.05) is 24.1 Å². The number of rotatable bonds is 9. The first-order valence-electron chi connectivity index (χ1n) is 7.96. The normalized spacial score (nSPS) is 10.6. The van der Waals surface area contributed by atoms with Crippen LogP contribution >= 0.6 is 0 Å². The Labute approximate surface area is 146 Å². The Bertz CT molecular complexity index is 612. The van der Waals surface area contributed by atoms with E-state index < -0.39 is 17.5 Å². The van der Waals surface area contributed by atoms with Crippen molar-refractivity contribution in [2.24, 2.45) is 5.11 Å². The molecule has 25 heavy (non-hydrogen) atoms. The Balaban J connectivity index is 2.39. The Morgan fingerprint density at radius 1 is 1.36 bits per heavy atom. The number of alkyl carbamates (subject to hydrolysis) is 1. The zero-order valence-electron chi connectivity index (χ0n) is 14.7. The number of nitrogens with zero attached hydrogens (tertiary/aromatic N) is 3. The minimum Gasteiger partial charge on any atom is -0.491 e. The third-order valence-electron chi connectivity index (χ3n) is 2.79. The molecule has 0 heterocycles. The predicted octanol–water partition coefficient (Wildman–Crippen LogP) is 3.84. The van der Waals surface area contributed by atoms with Crippen LogP contribution in [0, 0.1) is 5.82 Å². The van der Waals surface area contributed by atoms with Crippen molar-refractivity contribution in [1.82, 2.24) is 5.32 Å². The Morgan fingerprint density at radius 2 is 2.12 bits per heavy atom. The van der Waals surface area contributed by atoms with Crippen LogP contribution in [0.25, 0.3) is 10.4 Å². The molecule has 0 aliphatic heterocycles. The molecule has 0 fully saturated rings. The van der Waals surface area contributed by atoms with Crippen molar-refractivity contribution < 1.29 is 18.7 Å². The van der Waals surface area contributed by atoms with Gasteiger partial charge in [0.15, 0.2) is 0 Å². The van der Waals surface area contributed by atoms with Gasteiger partial charge in [-0.25, -0.2) is 9.18 Å². The maximum absolute atomic E-state index is 13.4. The van der Waals surface area contributed by atoms with Crippen molar-refractivity contribution in [2.75, 3.05) is 31.6 Å². The van der Waals surface area contributed by atoms with E-state index in [0.29, 0.717) is 30.9 Å². The molecule has 0 atom stereocenters. The second-order valence-electron chi connectivity index (χ2n) is 6.15. The van der Waals surface area contributed by atoms with Crippen LogP contribution in [-0.4, -0.2) is 37.9 Å². The van der Waals surface area contributed by atoms with Gasteiger partial charge in [0.1, 0.15) is 17.2 Å². The summed E-state index contributed by atoms with van der Waals surface area (Å²) in [4.78, 5) is 14.1. The monoisotopic (exact) mass is 353 g/mol. The lowest BCUT2D eigenvalue weighted by Gasteiger charge is -2.19. The van der Waals surface area contributed by atoms with Gasteiger partial charge in [-0.05, 0) is 44.9 Å². The molecule has 0 aliphatic carbocycles. The number of hydrogen-bond donors (Lipinski definition) is 2. The first kappa shape index (κ1) is 20.4. The van der Waals surface area contributed by atoms with Crippen molar-refractivity contribution in [3.8, 4) is 5.75 Å². The van der Waals surface area contributed by atoms with E-state index in [4.69, 9.17) is 15.0 Å². The summed E-state index contributed by atoms with van der Waals surface area (Å²) in [7, 11) is 0. The molecule has 1 aromatic carbocycles. The van der Waals surface area contributed by atoms with Crippen molar-refractivity contribution >= 4 is 11.8 Å². The van der Waals surface area contributed by atoms with Crippen molar-refractivity contribution in [3.63, 3.8) is 0 Å². The smallest absolute Gasteiger partial charge is 0.407 e. The SMILES string of the molecule is CC(C)(C)OC(=O)NCCCNc1cc(F)ccc1OCCN=[N+]=[N-]. The molecule has 0 saturated heterocycles. The number of carbonyl (C=O) groups is 1. The molecular formula is C16H24FN5O3. The van der Waals surface area contributed by atoms with Gasteiger partial charge in [0.2, 0.25) is 0 Å². The van der Waals surface area contributed by atoms with Gasteiger partial charge < -0.3 is 20.1 Å². The molecule has 8 nitrogen and oxygen atoms in total. The van der Waals surface area contributed by atoms with Crippen LogP contribution in [0.1, 0.15) is 27.2 Å². The van der Waals surface area contributed by atoms with E-state index in [-0.39, 0.29) is 13.2 Å². The minimum atomic E-state index is -0.536. The summed E-state index contributed by atoms with van der Waals surface area (Å²) < 4.78 is 24.0. The molecular weight excluding hydrogens is 329 g/mol. The molecule has 1 aromatic rings. The molecule has 2 N–H and O–H groups in total. The summed E-state index contributed by atoms with van der Waals surface area (Å²) in [5.41, 5.74) is 8.19. The first-order chi connectivity index (χ1) is 11.8. The van der Waals surface area contributed by atoms with Crippen LogP contribution < -0.4 is 15.4 Å². The molecule has 9 heteroatoms. The summed E-state index contributed by atoms with van der Waals surface area (Å²) in [5.74, 6) is 0.0754. The number of amides is 1. The van der Waals surface area contributed by atoms with E-state index in [1.54, 1.807) is 20.8 Å². The Morgan fingerprint density at radius 3 is 2.80 bits per heavy atom. The summed E-state index contributed by atoms with van der Waals surface area (Å²) in [6.07, 6.45) is 0.147. The average Bonchev–Trinajstić information content (AvgIpc) is 2.51. The Hall–Kier alpha value is -2.67. The standard InChI is InChI=1S/C16H24FN5O3/c1-16(2,3)25-15(23)20-8-4-7-19-13-11-12(17)5-6-14(13)24-10-9-21-22-18/h5-6,11,19H,4,7-10H2,1-3H3,(H,20,23). The average molecular weight is 353 g/mol.